The molecular weight excluding hydrogens is 256 g/mol. The van der Waals surface area contributed by atoms with Crippen molar-refractivity contribution in [3.05, 3.63) is 34.3 Å². The third-order valence-corrected chi connectivity index (χ3v) is 4.52. The average molecular weight is 281 g/mol. The van der Waals surface area contributed by atoms with Gasteiger partial charge in [-0.15, -0.1) is 0 Å². The first-order valence-electron chi connectivity index (χ1n) is 7.17. The van der Waals surface area contributed by atoms with Crippen molar-refractivity contribution in [3.63, 3.8) is 0 Å². The van der Waals surface area contributed by atoms with Crippen molar-refractivity contribution >= 4 is 11.6 Å². The van der Waals surface area contributed by atoms with E-state index in [1.54, 1.807) is 0 Å². The van der Waals surface area contributed by atoms with E-state index in [0.717, 1.165) is 29.0 Å². The molecule has 106 valence electrons. The molecule has 0 radical (unpaired) electrons. The van der Waals surface area contributed by atoms with Gasteiger partial charge in [0.25, 0.3) is 0 Å². The van der Waals surface area contributed by atoms with Crippen LogP contribution in [0.2, 0.25) is 5.02 Å². The van der Waals surface area contributed by atoms with E-state index in [9.17, 15) is 5.11 Å². The fourth-order valence-corrected chi connectivity index (χ4v) is 4.29. The van der Waals surface area contributed by atoms with Crippen molar-refractivity contribution in [3.8, 4) is 0 Å². The van der Waals surface area contributed by atoms with Gasteiger partial charge < -0.3 is 5.11 Å². The highest BCUT2D eigenvalue weighted by molar-refractivity contribution is 6.31. The summed E-state index contributed by atoms with van der Waals surface area (Å²) in [6, 6.07) is 6.11. The van der Waals surface area contributed by atoms with Crippen molar-refractivity contribution < 1.29 is 5.11 Å². The molecule has 1 N–H and O–H groups in total. The predicted molar refractivity (Wildman–Crippen MR) is 81.6 cm³/mol. The normalized spacial score (nSPS) is 30.3. The number of aliphatic hydroxyl groups is 1. The van der Waals surface area contributed by atoms with Gasteiger partial charge in [0, 0.05) is 11.4 Å². The number of halogens is 1. The number of hydrogen-bond donors (Lipinski definition) is 1. The van der Waals surface area contributed by atoms with Gasteiger partial charge in [-0.3, -0.25) is 0 Å². The number of hydrogen-bond acceptors (Lipinski definition) is 1. The van der Waals surface area contributed by atoms with E-state index in [2.05, 4.69) is 32.9 Å². The van der Waals surface area contributed by atoms with Crippen LogP contribution in [0.5, 0.6) is 0 Å². The Kier molecular flexibility index (Phi) is 3.99. The Morgan fingerprint density at radius 1 is 1.32 bits per heavy atom. The highest BCUT2D eigenvalue weighted by atomic mass is 35.5. The Balaban J connectivity index is 2.21. The topological polar surface area (TPSA) is 20.2 Å². The lowest BCUT2D eigenvalue weighted by Gasteiger charge is -2.45. The summed E-state index contributed by atoms with van der Waals surface area (Å²) < 4.78 is 0. The first-order chi connectivity index (χ1) is 8.69. The quantitative estimate of drug-likeness (QED) is 0.827. The zero-order valence-corrected chi connectivity index (χ0v) is 13.2. The molecule has 0 aromatic heterocycles. The molecule has 1 aromatic carbocycles. The smallest absolute Gasteiger partial charge is 0.0696 e. The zero-order chi connectivity index (χ0) is 14.3. The molecule has 0 saturated heterocycles. The van der Waals surface area contributed by atoms with Gasteiger partial charge in [-0.25, -0.2) is 0 Å². The second kappa shape index (κ2) is 5.10. The maximum atomic E-state index is 11.0. The zero-order valence-electron chi connectivity index (χ0n) is 12.5. The van der Waals surface area contributed by atoms with Crippen molar-refractivity contribution in [2.75, 3.05) is 0 Å². The van der Waals surface area contributed by atoms with Crippen molar-refractivity contribution in [2.45, 2.75) is 59.0 Å². The van der Waals surface area contributed by atoms with E-state index in [-0.39, 0.29) is 5.41 Å². The summed E-state index contributed by atoms with van der Waals surface area (Å²) in [5.74, 6) is 0.568. The van der Waals surface area contributed by atoms with Crippen LogP contribution >= 0.6 is 11.6 Å². The molecule has 1 saturated carbocycles. The molecule has 2 rings (SSSR count). The molecule has 0 bridgehead atoms. The van der Waals surface area contributed by atoms with E-state index in [0.29, 0.717) is 12.3 Å². The molecule has 2 atom stereocenters. The Bertz CT molecular complexity index is 466. The minimum Gasteiger partial charge on any atom is -0.390 e. The molecule has 0 spiro atoms. The van der Waals surface area contributed by atoms with Crippen LogP contribution in [0, 0.1) is 18.3 Å². The highest BCUT2D eigenvalue weighted by Crippen LogP contribution is 2.45. The van der Waals surface area contributed by atoms with E-state index in [4.69, 9.17) is 11.6 Å². The van der Waals surface area contributed by atoms with Crippen LogP contribution in [0.4, 0.5) is 0 Å². The van der Waals surface area contributed by atoms with Crippen molar-refractivity contribution in [1.29, 1.82) is 0 Å². The van der Waals surface area contributed by atoms with Gasteiger partial charge >= 0.3 is 0 Å². The van der Waals surface area contributed by atoms with Gasteiger partial charge in [-0.1, -0.05) is 44.5 Å². The third-order valence-electron chi connectivity index (χ3n) is 4.17. The van der Waals surface area contributed by atoms with Crippen LogP contribution in [0.25, 0.3) is 0 Å². The molecule has 1 fully saturated rings. The number of rotatable bonds is 2. The largest absolute Gasteiger partial charge is 0.390 e. The Labute approximate surface area is 122 Å². The first kappa shape index (κ1) is 14.9. The van der Waals surface area contributed by atoms with Crippen molar-refractivity contribution in [1.82, 2.24) is 0 Å². The van der Waals surface area contributed by atoms with Gasteiger partial charge in [-0.05, 0) is 54.7 Å². The Morgan fingerprint density at radius 2 is 2.00 bits per heavy atom. The monoisotopic (exact) mass is 280 g/mol. The van der Waals surface area contributed by atoms with Crippen molar-refractivity contribution in [2.24, 2.45) is 11.3 Å². The van der Waals surface area contributed by atoms with Gasteiger partial charge in [-0.2, -0.15) is 0 Å². The molecule has 1 aliphatic carbocycles. The summed E-state index contributed by atoms with van der Waals surface area (Å²) in [4.78, 5) is 0. The molecule has 1 aliphatic rings. The Morgan fingerprint density at radius 3 is 2.58 bits per heavy atom. The molecule has 2 unspecified atom stereocenters. The summed E-state index contributed by atoms with van der Waals surface area (Å²) in [5.41, 5.74) is 1.83. The van der Waals surface area contributed by atoms with E-state index in [1.807, 2.05) is 13.0 Å². The van der Waals surface area contributed by atoms with Crippen LogP contribution in [-0.2, 0) is 6.42 Å². The van der Waals surface area contributed by atoms with E-state index >= 15 is 0 Å². The van der Waals surface area contributed by atoms with E-state index < -0.39 is 5.60 Å². The van der Waals surface area contributed by atoms with Crippen LogP contribution in [0.1, 0.15) is 51.2 Å². The van der Waals surface area contributed by atoms with Crippen LogP contribution < -0.4 is 0 Å². The summed E-state index contributed by atoms with van der Waals surface area (Å²) >= 11 is 6.31. The summed E-state index contributed by atoms with van der Waals surface area (Å²) in [7, 11) is 0. The first-order valence-corrected chi connectivity index (χ1v) is 7.54. The molecule has 1 nitrogen and oxygen atoms in total. The summed E-state index contributed by atoms with van der Waals surface area (Å²) in [6.45, 7) is 8.79. The molecule has 0 amide bonds. The lowest BCUT2D eigenvalue weighted by Crippen LogP contribution is -2.43. The highest BCUT2D eigenvalue weighted by Gasteiger charge is 2.41. The molecule has 0 aliphatic heterocycles. The fourth-order valence-electron chi connectivity index (χ4n) is 3.98. The second-order valence-electron chi connectivity index (χ2n) is 7.35. The third kappa shape index (κ3) is 3.73. The van der Waals surface area contributed by atoms with Gasteiger partial charge in [0.2, 0.25) is 0 Å². The Hall–Kier alpha value is -0.530. The molecular formula is C17H25ClO. The molecule has 19 heavy (non-hydrogen) atoms. The van der Waals surface area contributed by atoms with Gasteiger partial charge in [0.15, 0.2) is 0 Å². The molecule has 2 heteroatoms. The SMILES string of the molecule is Cc1ccc(CC2(O)CC(C)CC(C)(C)C2)c(Cl)c1. The minimum atomic E-state index is -0.611. The lowest BCUT2D eigenvalue weighted by molar-refractivity contribution is -0.0574. The lowest BCUT2D eigenvalue weighted by atomic mass is 9.64. The van der Waals surface area contributed by atoms with Crippen LogP contribution in [0.15, 0.2) is 18.2 Å². The molecule has 1 aromatic rings. The fraction of sp³-hybridized carbons (Fsp3) is 0.647. The average Bonchev–Trinajstić information content (AvgIpc) is 2.18. The summed E-state index contributed by atoms with van der Waals surface area (Å²) in [5, 5.41) is 11.7. The van der Waals surface area contributed by atoms with Gasteiger partial charge in [0.1, 0.15) is 0 Å². The number of benzene rings is 1. The van der Waals surface area contributed by atoms with E-state index in [1.165, 1.54) is 6.42 Å². The molecule has 0 heterocycles. The second-order valence-corrected chi connectivity index (χ2v) is 7.76. The van der Waals surface area contributed by atoms with Gasteiger partial charge in [0.05, 0.1) is 5.60 Å². The summed E-state index contributed by atoms with van der Waals surface area (Å²) in [6.07, 6.45) is 3.59. The minimum absolute atomic E-state index is 0.212. The van der Waals surface area contributed by atoms with Crippen LogP contribution in [-0.4, -0.2) is 10.7 Å². The van der Waals surface area contributed by atoms with Crippen LogP contribution in [0.3, 0.4) is 0 Å². The predicted octanol–water partition coefficient (Wildman–Crippen LogP) is 4.77. The number of aryl methyl sites for hydroxylation is 1. The maximum Gasteiger partial charge on any atom is 0.0696 e. The maximum absolute atomic E-state index is 11.0. The standard InChI is InChI=1S/C17H25ClO/c1-12-5-6-14(15(18)7-12)10-17(19)9-13(2)8-16(3,4)11-17/h5-7,13,19H,8-11H2,1-4H3.